The monoisotopic (exact) mass is 121 g/mol. The first-order valence-corrected chi connectivity index (χ1v) is 2.84. The molecule has 0 bridgehead atoms. The molecule has 0 saturated heterocycles. The third-order valence-corrected chi connectivity index (χ3v) is 1.27. The maximum absolute atomic E-state index is 4.82. The van der Waals surface area contributed by atoms with Crippen LogP contribution in [0.2, 0.25) is 0 Å². The number of nitrogens with one attached hydrogen (secondary N) is 1. The topological polar surface area (TPSA) is 21.3 Å². The molecule has 0 aromatic heterocycles. The summed E-state index contributed by atoms with van der Waals surface area (Å²) in [5.41, 5.74) is 0. The van der Waals surface area contributed by atoms with Crippen LogP contribution in [-0.4, -0.2) is 19.8 Å². The Labute approximate surface area is 46.9 Å². The molecule has 0 rings (SSSR count). The van der Waals surface area contributed by atoms with Crippen LogP contribution in [0.1, 0.15) is 6.92 Å². The van der Waals surface area contributed by atoms with Gasteiger partial charge in [-0.15, -0.1) is 0 Å². The van der Waals surface area contributed by atoms with Crippen molar-refractivity contribution in [2.75, 3.05) is 13.7 Å². The molecule has 2 atom stereocenters. The number of rotatable bonds is 3. The molecule has 0 saturated carbocycles. The molecule has 0 aliphatic rings. The van der Waals surface area contributed by atoms with E-state index in [9.17, 15) is 0 Å². The summed E-state index contributed by atoms with van der Waals surface area (Å²) in [6.07, 6.45) is 0. The van der Waals surface area contributed by atoms with E-state index in [1.807, 2.05) is 0 Å². The van der Waals surface area contributed by atoms with E-state index in [1.54, 1.807) is 7.11 Å². The number of hydrogen-bond donors (Lipinski definition) is 1. The average molecular weight is 121 g/mol. The second-order valence-electron chi connectivity index (χ2n) is 1.52. The van der Waals surface area contributed by atoms with Crippen LogP contribution < -0.4 is 5.09 Å². The number of hydrogen-bond acceptors (Lipinski definition) is 2. The molecule has 0 radical (unpaired) electrons. The van der Waals surface area contributed by atoms with Crippen LogP contribution in [0, 0.1) is 0 Å². The zero-order valence-electron chi connectivity index (χ0n) is 4.77. The van der Waals surface area contributed by atoms with Crippen LogP contribution >= 0.6 is 9.39 Å². The van der Waals surface area contributed by atoms with Gasteiger partial charge in [0.25, 0.3) is 0 Å². The summed E-state index contributed by atoms with van der Waals surface area (Å²) in [4.78, 5) is 0. The lowest BCUT2D eigenvalue weighted by Gasteiger charge is -2.05. The first-order chi connectivity index (χ1) is 3.31. The Morgan fingerprint density at radius 3 is 2.57 bits per heavy atom. The van der Waals surface area contributed by atoms with E-state index in [4.69, 9.17) is 4.74 Å². The highest BCUT2D eigenvalue weighted by Gasteiger charge is 1.91. The quantitative estimate of drug-likeness (QED) is 0.546. The number of ether oxygens (including phenoxy) is 1. The lowest BCUT2D eigenvalue weighted by molar-refractivity contribution is 0.181. The predicted octanol–water partition coefficient (Wildman–Crippen LogP) is 0.401. The van der Waals surface area contributed by atoms with Gasteiger partial charge in [0.05, 0.1) is 6.61 Å². The molecule has 0 aromatic rings. The normalized spacial score (nSPS) is 14.1. The SMILES string of the molecule is COCC(C)NP. The Balaban J connectivity index is 2.83. The summed E-state index contributed by atoms with van der Waals surface area (Å²) in [6, 6.07) is 0.440. The van der Waals surface area contributed by atoms with Gasteiger partial charge in [0.1, 0.15) is 0 Å². The molecule has 0 fully saturated rings. The maximum Gasteiger partial charge on any atom is 0.0615 e. The Bertz CT molecular complexity index is 42.7. The van der Waals surface area contributed by atoms with Gasteiger partial charge in [-0.3, -0.25) is 5.09 Å². The summed E-state index contributed by atoms with van der Waals surface area (Å²) in [5.74, 6) is 0. The molecule has 7 heavy (non-hydrogen) atoms. The van der Waals surface area contributed by atoms with E-state index < -0.39 is 0 Å². The van der Waals surface area contributed by atoms with Crippen molar-refractivity contribution in [3.63, 3.8) is 0 Å². The molecular formula is C4H12NOP. The highest BCUT2D eigenvalue weighted by molar-refractivity contribution is 7.13. The molecule has 0 amide bonds. The van der Waals surface area contributed by atoms with Crippen LogP contribution in [0.4, 0.5) is 0 Å². The smallest absolute Gasteiger partial charge is 0.0615 e. The van der Waals surface area contributed by atoms with Gasteiger partial charge in [0.15, 0.2) is 0 Å². The number of methoxy groups -OCH3 is 1. The first kappa shape index (κ1) is 7.35. The van der Waals surface area contributed by atoms with E-state index in [1.165, 1.54) is 0 Å². The Morgan fingerprint density at radius 1 is 1.86 bits per heavy atom. The van der Waals surface area contributed by atoms with Gasteiger partial charge in [-0.2, -0.15) is 0 Å². The predicted molar refractivity (Wildman–Crippen MR) is 34.2 cm³/mol. The Kier molecular flexibility index (Phi) is 4.73. The average Bonchev–Trinajstić information content (AvgIpc) is 1.68. The van der Waals surface area contributed by atoms with Crippen LogP contribution in [0.5, 0.6) is 0 Å². The Hall–Kier alpha value is 0.350. The van der Waals surface area contributed by atoms with E-state index in [-0.39, 0.29) is 0 Å². The van der Waals surface area contributed by atoms with Crippen molar-refractivity contribution < 1.29 is 4.74 Å². The summed E-state index contributed by atoms with van der Waals surface area (Å²) in [7, 11) is 4.13. The second kappa shape index (κ2) is 4.51. The fourth-order valence-corrected chi connectivity index (χ4v) is 0.394. The molecule has 2 nitrogen and oxygen atoms in total. The zero-order chi connectivity index (χ0) is 5.70. The lowest BCUT2D eigenvalue weighted by Crippen LogP contribution is -2.20. The molecule has 0 aromatic carbocycles. The lowest BCUT2D eigenvalue weighted by atomic mass is 10.4. The van der Waals surface area contributed by atoms with Gasteiger partial charge in [-0.25, -0.2) is 0 Å². The van der Waals surface area contributed by atoms with Crippen molar-refractivity contribution in [3.8, 4) is 0 Å². The molecule has 3 heteroatoms. The van der Waals surface area contributed by atoms with Crippen molar-refractivity contribution in [2.24, 2.45) is 0 Å². The van der Waals surface area contributed by atoms with Gasteiger partial charge in [0.2, 0.25) is 0 Å². The van der Waals surface area contributed by atoms with Gasteiger partial charge in [0, 0.05) is 13.2 Å². The summed E-state index contributed by atoms with van der Waals surface area (Å²) >= 11 is 0. The van der Waals surface area contributed by atoms with E-state index in [0.717, 1.165) is 6.61 Å². The minimum Gasteiger partial charge on any atom is -0.383 e. The van der Waals surface area contributed by atoms with Crippen molar-refractivity contribution in [3.05, 3.63) is 0 Å². The van der Waals surface area contributed by atoms with Crippen LogP contribution in [0.15, 0.2) is 0 Å². The van der Waals surface area contributed by atoms with Crippen molar-refractivity contribution in [1.82, 2.24) is 5.09 Å². The first-order valence-electron chi connectivity index (χ1n) is 2.26. The molecule has 0 spiro atoms. The standard InChI is InChI=1S/C4H12NOP/c1-4(5-7)3-6-2/h4-5H,3,7H2,1-2H3. The van der Waals surface area contributed by atoms with E-state index in [0.29, 0.717) is 6.04 Å². The minimum atomic E-state index is 0.440. The molecule has 0 aliphatic heterocycles. The van der Waals surface area contributed by atoms with Gasteiger partial charge in [-0.05, 0) is 6.92 Å². The molecular weight excluding hydrogens is 109 g/mol. The summed E-state index contributed by atoms with van der Waals surface area (Å²) < 4.78 is 4.82. The summed E-state index contributed by atoms with van der Waals surface area (Å²) in [6.45, 7) is 2.82. The largest absolute Gasteiger partial charge is 0.383 e. The molecule has 0 heterocycles. The van der Waals surface area contributed by atoms with Crippen molar-refractivity contribution in [1.29, 1.82) is 0 Å². The van der Waals surface area contributed by atoms with Crippen LogP contribution in [0.3, 0.4) is 0 Å². The minimum absolute atomic E-state index is 0.440. The van der Waals surface area contributed by atoms with Gasteiger partial charge < -0.3 is 4.74 Å². The third-order valence-electron chi connectivity index (χ3n) is 0.701. The van der Waals surface area contributed by atoms with Crippen LogP contribution in [0.25, 0.3) is 0 Å². The van der Waals surface area contributed by atoms with Crippen LogP contribution in [-0.2, 0) is 4.74 Å². The highest BCUT2D eigenvalue weighted by atomic mass is 31.0. The fraction of sp³-hybridized carbons (Fsp3) is 1.00. The third kappa shape index (κ3) is 4.20. The molecule has 2 unspecified atom stereocenters. The van der Waals surface area contributed by atoms with E-state index >= 15 is 0 Å². The van der Waals surface area contributed by atoms with Gasteiger partial charge >= 0.3 is 0 Å². The molecule has 1 N–H and O–H groups in total. The highest BCUT2D eigenvalue weighted by Crippen LogP contribution is 1.83. The fourth-order valence-electron chi connectivity index (χ4n) is 0.298. The summed E-state index contributed by atoms with van der Waals surface area (Å²) in [5, 5.41) is 2.96. The Morgan fingerprint density at radius 2 is 2.43 bits per heavy atom. The molecule has 0 aliphatic carbocycles. The van der Waals surface area contributed by atoms with Crippen molar-refractivity contribution in [2.45, 2.75) is 13.0 Å². The second-order valence-corrected chi connectivity index (χ2v) is 1.86. The maximum atomic E-state index is 4.82. The van der Waals surface area contributed by atoms with Crippen molar-refractivity contribution >= 4 is 9.39 Å². The molecule has 44 valence electrons. The van der Waals surface area contributed by atoms with Gasteiger partial charge in [-0.1, -0.05) is 9.39 Å². The zero-order valence-corrected chi connectivity index (χ0v) is 5.92. The van der Waals surface area contributed by atoms with E-state index in [2.05, 4.69) is 21.4 Å².